The van der Waals surface area contributed by atoms with Crippen LogP contribution in [0.4, 0.5) is 11.5 Å². The normalized spacial score (nSPS) is 17.0. The predicted molar refractivity (Wildman–Crippen MR) is 190 cm³/mol. The zero-order valence-electron chi connectivity index (χ0n) is 27.7. The number of piperazine rings is 1. The average Bonchev–Trinajstić information content (AvgIpc) is 3.36. The Labute approximate surface area is 284 Å². The maximum absolute atomic E-state index is 13.1. The number of carbonyl (C=O) groups is 1. The van der Waals surface area contributed by atoms with Crippen LogP contribution in [0.2, 0.25) is 0 Å². The van der Waals surface area contributed by atoms with Crippen LogP contribution in [0.3, 0.4) is 0 Å². The topological polar surface area (TPSA) is 144 Å². The van der Waals surface area contributed by atoms with Crippen LogP contribution in [0, 0.1) is 0 Å². The Hall–Kier alpha value is -5.36. The van der Waals surface area contributed by atoms with Crippen LogP contribution < -0.4 is 26.4 Å². The van der Waals surface area contributed by atoms with E-state index in [0.29, 0.717) is 36.6 Å². The summed E-state index contributed by atoms with van der Waals surface area (Å²) in [5.74, 6) is 1.31. The summed E-state index contributed by atoms with van der Waals surface area (Å²) in [5.41, 5.74) is 12.1. The lowest BCUT2D eigenvalue weighted by Crippen LogP contribution is -2.46. The van der Waals surface area contributed by atoms with Crippen molar-refractivity contribution < 1.29 is 14.6 Å². The van der Waals surface area contributed by atoms with Crippen LogP contribution in [0.1, 0.15) is 36.4 Å². The van der Waals surface area contributed by atoms with E-state index in [1.165, 1.54) is 5.56 Å². The van der Waals surface area contributed by atoms with Crippen LogP contribution in [0.25, 0.3) is 22.3 Å². The standard InChI is InChI=1S/C37H42N8O4/c1-42-32-22-25(13-14-30(32)45(37(42)48)31-11-5-15-39-36(31)47)8-6-20-49-27-9-4-7-26(21-27)24-43-16-18-44(19-17-43)33-23-29(40-41-35(33)38)28-10-2-3-12-34(28)46/h2-4,7,9-10,12-14,21-23,31,46H,5-6,8,11,15-20,24H2,1H3,(H2,38,41)(H,39,47). The lowest BCUT2D eigenvalue weighted by molar-refractivity contribution is -0.125. The molecular formula is C37H42N8O4. The van der Waals surface area contributed by atoms with Gasteiger partial charge in [0.1, 0.15) is 17.5 Å². The molecule has 5 aromatic rings. The summed E-state index contributed by atoms with van der Waals surface area (Å²) >= 11 is 0. The molecule has 0 radical (unpaired) electrons. The van der Waals surface area contributed by atoms with Gasteiger partial charge in [0, 0.05) is 51.9 Å². The monoisotopic (exact) mass is 662 g/mol. The van der Waals surface area contributed by atoms with E-state index in [1.54, 1.807) is 28.3 Å². The number of anilines is 2. The highest BCUT2D eigenvalue weighted by atomic mass is 16.5. The molecule has 49 heavy (non-hydrogen) atoms. The first-order valence-corrected chi connectivity index (χ1v) is 16.9. The number of aryl methyl sites for hydroxylation is 2. The minimum Gasteiger partial charge on any atom is -0.507 e. The molecule has 2 aliphatic heterocycles. The molecule has 0 saturated carbocycles. The number of aromatic hydroxyl groups is 1. The third kappa shape index (κ3) is 6.82. The summed E-state index contributed by atoms with van der Waals surface area (Å²) in [6, 6.07) is 22.9. The number of aromatic nitrogens is 4. The molecule has 7 rings (SSSR count). The first-order valence-electron chi connectivity index (χ1n) is 16.9. The van der Waals surface area contributed by atoms with Crippen molar-refractivity contribution in [1.29, 1.82) is 0 Å². The summed E-state index contributed by atoms with van der Waals surface area (Å²) in [6.07, 6.45) is 3.18. The molecule has 2 aromatic heterocycles. The minimum atomic E-state index is -0.459. The first kappa shape index (κ1) is 32.2. The van der Waals surface area contributed by atoms with E-state index < -0.39 is 6.04 Å². The molecule has 3 aromatic carbocycles. The zero-order valence-corrected chi connectivity index (χ0v) is 27.7. The summed E-state index contributed by atoms with van der Waals surface area (Å²) in [6.45, 7) is 5.39. The van der Waals surface area contributed by atoms with Crippen molar-refractivity contribution in [2.45, 2.75) is 38.3 Å². The third-order valence-corrected chi connectivity index (χ3v) is 9.60. The Bertz CT molecular complexity index is 2030. The maximum atomic E-state index is 13.1. The van der Waals surface area contributed by atoms with Gasteiger partial charge >= 0.3 is 5.69 Å². The molecule has 4 heterocycles. The van der Waals surface area contributed by atoms with Gasteiger partial charge in [-0.25, -0.2) is 4.79 Å². The van der Waals surface area contributed by atoms with Gasteiger partial charge in [0.15, 0.2) is 5.82 Å². The second-order valence-corrected chi connectivity index (χ2v) is 12.9. The SMILES string of the molecule is Cn1c(=O)n(C2CCCNC2=O)c2ccc(CCCOc3cccc(CN4CCN(c5cc(-c6ccccc6O)nnc5N)CC4)c3)cc21. The van der Waals surface area contributed by atoms with Crippen LogP contribution in [-0.4, -0.2) is 74.6 Å². The second-order valence-electron chi connectivity index (χ2n) is 12.9. The van der Waals surface area contributed by atoms with Gasteiger partial charge in [0.05, 0.1) is 29.0 Å². The fourth-order valence-electron chi connectivity index (χ4n) is 6.94. The van der Waals surface area contributed by atoms with Crippen molar-refractivity contribution in [2.75, 3.05) is 50.0 Å². The Morgan fingerprint density at radius 2 is 1.78 bits per heavy atom. The van der Waals surface area contributed by atoms with Gasteiger partial charge < -0.3 is 25.8 Å². The van der Waals surface area contributed by atoms with Crippen LogP contribution >= 0.6 is 0 Å². The molecule has 2 aliphatic rings. The van der Waals surface area contributed by atoms with E-state index >= 15 is 0 Å². The largest absolute Gasteiger partial charge is 0.507 e. The summed E-state index contributed by atoms with van der Waals surface area (Å²) in [5, 5.41) is 21.6. The van der Waals surface area contributed by atoms with Crippen LogP contribution in [0.15, 0.2) is 77.6 Å². The molecule has 0 spiro atoms. The van der Waals surface area contributed by atoms with Gasteiger partial charge in [-0.3, -0.25) is 18.8 Å². The van der Waals surface area contributed by atoms with Crippen molar-refractivity contribution >= 4 is 28.4 Å². The molecule has 4 N–H and O–H groups in total. The number of hydrogen-bond acceptors (Lipinski definition) is 9. The van der Waals surface area contributed by atoms with Crippen molar-refractivity contribution in [3.05, 3.63) is 94.4 Å². The molecule has 12 nitrogen and oxygen atoms in total. The van der Waals surface area contributed by atoms with Gasteiger partial charge in [-0.15, -0.1) is 10.2 Å². The Morgan fingerprint density at radius 1 is 0.939 bits per heavy atom. The fraction of sp³-hybridized carbons (Fsp3) is 0.351. The molecule has 0 aliphatic carbocycles. The van der Waals surface area contributed by atoms with Gasteiger partial charge in [-0.2, -0.15) is 0 Å². The van der Waals surface area contributed by atoms with Gasteiger partial charge in [-0.05, 0) is 79.3 Å². The minimum absolute atomic E-state index is 0.0842. The number of amides is 1. The lowest BCUT2D eigenvalue weighted by atomic mass is 10.1. The lowest BCUT2D eigenvalue weighted by Gasteiger charge is -2.36. The van der Waals surface area contributed by atoms with Crippen molar-refractivity contribution in [3.63, 3.8) is 0 Å². The number of carbonyl (C=O) groups excluding carboxylic acids is 1. The van der Waals surface area contributed by atoms with Crippen molar-refractivity contribution in [3.8, 4) is 22.8 Å². The third-order valence-electron chi connectivity index (χ3n) is 9.60. The Balaban J connectivity index is 0.912. The van der Waals surface area contributed by atoms with Crippen LogP contribution in [0.5, 0.6) is 11.5 Å². The summed E-state index contributed by atoms with van der Waals surface area (Å²) in [4.78, 5) is 30.2. The number of benzene rings is 3. The van der Waals surface area contributed by atoms with E-state index in [9.17, 15) is 14.7 Å². The molecule has 1 atom stereocenters. The molecule has 254 valence electrons. The van der Waals surface area contributed by atoms with Crippen LogP contribution in [-0.2, 0) is 24.8 Å². The Kier molecular flexibility index (Phi) is 9.21. The van der Waals surface area contributed by atoms with Gasteiger partial charge in [-0.1, -0.05) is 30.3 Å². The molecule has 1 amide bonds. The quantitative estimate of drug-likeness (QED) is 0.190. The van der Waals surface area contributed by atoms with E-state index in [0.717, 1.165) is 80.0 Å². The summed E-state index contributed by atoms with van der Waals surface area (Å²) in [7, 11) is 1.77. The average molecular weight is 663 g/mol. The number of piperidine rings is 1. The number of nitrogens with two attached hydrogens (primary N) is 1. The van der Waals surface area contributed by atoms with E-state index in [-0.39, 0.29) is 17.3 Å². The van der Waals surface area contributed by atoms with E-state index in [1.807, 2.05) is 42.5 Å². The van der Waals surface area contributed by atoms with Crippen molar-refractivity contribution in [2.24, 2.45) is 7.05 Å². The highest BCUT2D eigenvalue weighted by Gasteiger charge is 2.28. The number of rotatable bonds is 10. The van der Waals surface area contributed by atoms with E-state index in [2.05, 4.69) is 43.5 Å². The van der Waals surface area contributed by atoms with Gasteiger partial charge in [0.2, 0.25) is 5.91 Å². The highest BCUT2D eigenvalue weighted by molar-refractivity contribution is 5.85. The molecule has 12 heteroatoms. The molecule has 2 saturated heterocycles. The number of nitrogen functional groups attached to an aromatic ring is 1. The van der Waals surface area contributed by atoms with E-state index in [4.69, 9.17) is 10.5 Å². The molecular weight excluding hydrogens is 620 g/mol. The number of imidazole rings is 1. The fourth-order valence-corrected chi connectivity index (χ4v) is 6.94. The predicted octanol–water partition coefficient (Wildman–Crippen LogP) is 3.87. The van der Waals surface area contributed by atoms with Gasteiger partial charge in [0.25, 0.3) is 0 Å². The number of phenols is 1. The Morgan fingerprint density at radius 3 is 2.59 bits per heavy atom. The highest BCUT2D eigenvalue weighted by Crippen LogP contribution is 2.32. The number of nitrogens with zero attached hydrogens (tertiary/aromatic N) is 6. The second kappa shape index (κ2) is 14.0. The number of phenolic OH excluding ortho intramolecular Hbond substituents is 1. The first-order chi connectivity index (χ1) is 23.9. The number of para-hydroxylation sites is 1. The number of hydrogen-bond donors (Lipinski definition) is 3. The summed E-state index contributed by atoms with van der Waals surface area (Å²) < 4.78 is 9.44. The molecule has 0 bridgehead atoms. The number of nitrogens with one attached hydrogen (secondary N) is 1. The maximum Gasteiger partial charge on any atom is 0.329 e. The zero-order chi connectivity index (χ0) is 33.9. The van der Waals surface area contributed by atoms with Crippen molar-refractivity contribution in [1.82, 2.24) is 29.5 Å². The molecule has 1 unspecified atom stereocenters. The number of fused-ring (bicyclic) bond motifs is 1. The molecule has 2 fully saturated rings. The number of ether oxygens (including phenoxy) is 1. The smallest absolute Gasteiger partial charge is 0.329 e.